The van der Waals surface area contributed by atoms with Gasteiger partial charge < -0.3 is 5.32 Å². The molecule has 9 heteroatoms. The summed E-state index contributed by atoms with van der Waals surface area (Å²) < 4.78 is 27.5. The third-order valence-electron chi connectivity index (χ3n) is 3.49. The van der Waals surface area contributed by atoms with Crippen LogP contribution in [0.25, 0.3) is 0 Å². The van der Waals surface area contributed by atoms with Crippen LogP contribution in [-0.2, 0) is 10.0 Å². The van der Waals surface area contributed by atoms with Gasteiger partial charge >= 0.3 is 0 Å². The topological polar surface area (TPSA) is 118 Å². The molecule has 0 aliphatic heterocycles. The quantitative estimate of drug-likeness (QED) is 0.593. The highest BCUT2D eigenvalue weighted by Crippen LogP contribution is 2.24. The van der Waals surface area contributed by atoms with Crippen LogP contribution >= 0.6 is 0 Å². The van der Waals surface area contributed by atoms with E-state index >= 15 is 0 Å². The number of hydrogen-bond donors (Lipinski definition) is 2. The molecule has 0 atom stereocenters. The van der Waals surface area contributed by atoms with E-state index in [4.69, 9.17) is 0 Å². The first-order chi connectivity index (χ1) is 12.1. The smallest absolute Gasteiger partial charge is 0.270 e. The highest BCUT2D eigenvalue weighted by molar-refractivity contribution is 7.92. The molecule has 0 aliphatic carbocycles. The summed E-state index contributed by atoms with van der Waals surface area (Å²) in [6, 6.07) is 9.53. The standard InChI is InChI=1S/C17H19N3O5S/c1-11(2)18-17(21)13-5-7-14(8-6-13)19-26(24,25)16-10-15(20(22)23)9-4-12(16)3/h4-11,19H,1-3H3,(H,18,21). The lowest BCUT2D eigenvalue weighted by Crippen LogP contribution is -2.30. The molecule has 0 aliphatic rings. The lowest BCUT2D eigenvalue weighted by molar-refractivity contribution is -0.385. The first-order valence-electron chi connectivity index (χ1n) is 7.79. The number of aryl methyl sites for hydroxylation is 1. The maximum absolute atomic E-state index is 12.5. The summed E-state index contributed by atoms with van der Waals surface area (Å²) in [5, 5.41) is 13.6. The van der Waals surface area contributed by atoms with Crippen LogP contribution in [0, 0.1) is 17.0 Å². The molecule has 8 nitrogen and oxygen atoms in total. The number of anilines is 1. The molecule has 2 aromatic rings. The molecule has 26 heavy (non-hydrogen) atoms. The Morgan fingerprint density at radius 3 is 2.27 bits per heavy atom. The van der Waals surface area contributed by atoms with E-state index < -0.39 is 14.9 Å². The van der Waals surface area contributed by atoms with Crippen molar-refractivity contribution in [2.24, 2.45) is 0 Å². The summed E-state index contributed by atoms with van der Waals surface area (Å²) in [5.41, 5.74) is 0.720. The van der Waals surface area contributed by atoms with Crippen molar-refractivity contribution in [3.63, 3.8) is 0 Å². The molecular formula is C17H19N3O5S. The first kappa shape index (κ1) is 19.4. The Kier molecular flexibility index (Phi) is 5.61. The maximum Gasteiger partial charge on any atom is 0.270 e. The number of amides is 1. The van der Waals surface area contributed by atoms with Crippen molar-refractivity contribution in [3.05, 3.63) is 63.7 Å². The molecule has 0 radical (unpaired) electrons. The molecule has 1 amide bonds. The fourth-order valence-electron chi connectivity index (χ4n) is 2.24. The largest absolute Gasteiger partial charge is 0.350 e. The normalized spacial score (nSPS) is 11.2. The number of carbonyl (C=O) groups is 1. The lowest BCUT2D eigenvalue weighted by Gasteiger charge is -2.11. The zero-order valence-corrected chi connectivity index (χ0v) is 15.3. The minimum absolute atomic E-state index is 0.0162. The fourth-order valence-corrected chi connectivity index (χ4v) is 3.56. The van der Waals surface area contributed by atoms with Gasteiger partial charge in [-0.25, -0.2) is 8.42 Å². The molecule has 0 spiro atoms. The molecule has 0 fully saturated rings. The third kappa shape index (κ3) is 4.57. The fraction of sp³-hybridized carbons (Fsp3) is 0.235. The summed E-state index contributed by atoms with van der Waals surface area (Å²) in [7, 11) is -4.01. The van der Waals surface area contributed by atoms with Gasteiger partial charge in [-0.1, -0.05) is 6.07 Å². The van der Waals surface area contributed by atoms with Crippen molar-refractivity contribution in [1.82, 2.24) is 5.32 Å². The van der Waals surface area contributed by atoms with Crippen molar-refractivity contribution in [1.29, 1.82) is 0 Å². The van der Waals surface area contributed by atoms with Crippen molar-refractivity contribution >= 4 is 27.3 Å². The van der Waals surface area contributed by atoms with Crippen LogP contribution in [-0.4, -0.2) is 25.3 Å². The van der Waals surface area contributed by atoms with Gasteiger partial charge in [-0.15, -0.1) is 0 Å². The molecule has 0 unspecified atom stereocenters. The number of nitrogens with one attached hydrogen (secondary N) is 2. The molecule has 0 bridgehead atoms. The van der Waals surface area contributed by atoms with Crippen LogP contribution in [0.4, 0.5) is 11.4 Å². The Labute approximate surface area is 151 Å². The highest BCUT2D eigenvalue weighted by Gasteiger charge is 2.21. The Morgan fingerprint density at radius 2 is 1.73 bits per heavy atom. The summed E-state index contributed by atoms with van der Waals surface area (Å²) >= 11 is 0. The van der Waals surface area contributed by atoms with E-state index in [1.54, 1.807) is 6.92 Å². The summed E-state index contributed by atoms with van der Waals surface area (Å²) in [4.78, 5) is 22.0. The van der Waals surface area contributed by atoms with Crippen molar-refractivity contribution in [2.75, 3.05) is 4.72 Å². The monoisotopic (exact) mass is 377 g/mol. The van der Waals surface area contributed by atoms with Gasteiger partial charge in [-0.3, -0.25) is 19.6 Å². The molecule has 138 valence electrons. The molecular weight excluding hydrogens is 358 g/mol. The van der Waals surface area contributed by atoms with E-state index in [0.717, 1.165) is 6.07 Å². The van der Waals surface area contributed by atoms with Crippen LogP contribution in [0.2, 0.25) is 0 Å². The molecule has 2 aromatic carbocycles. The van der Waals surface area contributed by atoms with E-state index in [9.17, 15) is 23.3 Å². The van der Waals surface area contributed by atoms with E-state index in [1.807, 2.05) is 13.8 Å². The van der Waals surface area contributed by atoms with Crippen LogP contribution in [0.15, 0.2) is 47.4 Å². The second-order valence-electron chi connectivity index (χ2n) is 6.02. The van der Waals surface area contributed by atoms with Crippen molar-refractivity contribution < 1.29 is 18.1 Å². The van der Waals surface area contributed by atoms with Crippen LogP contribution in [0.3, 0.4) is 0 Å². The van der Waals surface area contributed by atoms with E-state index in [0.29, 0.717) is 11.1 Å². The Morgan fingerprint density at radius 1 is 1.12 bits per heavy atom. The Bertz CT molecular complexity index is 937. The second-order valence-corrected chi connectivity index (χ2v) is 7.67. The molecule has 2 N–H and O–H groups in total. The van der Waals surface area contributed by atoms with Gasteiger partial charge in [0.25, 0.3) is 21.6 Å². The minimum Gasteiger partial charge on any atom is -0.350 e. The number of hydrogen-bond acceptors (Lipinski definition) is 5. The van der Waals surface area contributed by atoms with Gasteiger partial charge in [0, 0.05) is 29.4 Å². The van der Waals surface area contributed by atoms with Gasteiger partial charge in [0.1, 0.15) is 0 Å². The summed E-state index contributed by atoms with van der Waals surface area (Å²) in [6.45, 7) is 5.22. The first-order valence-corrected chi connectivity index (χ1v) is 9.27. The number of benzene rings is 2. The van der Waals surface area contributed by atoms with Crippen molar-refractivity contribution in [2.45, 2.75) is 31.7 Å². The van der Waals surface area contributed by atoms with Crippen LogP contribution in [0.1, 0.15) is 29.8 Å². The predicted octanol–water partition coefficient (Wildman–Crippen LogP) is 2.84. The lowest BCUT2D eigenvalue weighted by atomic mass is 10.2. The number of carbonyl (C=O) groups excluding carboxylic acids is 1. The maximum atomic E-state index is 12.5. The van der Waals surface area contributed by atoms with E-state index in [-0.39, 0.29) is 28.2 Å². The summed E-state index contributed by atoms with van der Waals surface area (Å²) in [6.07, 6.45) is 0. The second kappa shape index (κ2) is 7.52. The van der Waals surface area contributed by atoms with E-state index in [2.05, 4.69) is 10.0 Å². The number of nitro benzene ring substituents is 1. The number of rotatable bonds is 6. The van der Waals surface area contributed by atoms with Gasteiger partial charge in [0.2, 0.25) is 0 Å². The Hall–Kier alpha value is -2.94. The number of nitrogens with zero attached hydrogens (tertiary/aromatic N) is 1. The molecule has 0 aromatic heterocycles. The number of sulfonamides is 1. The van der Waals surface area contributed by atoms with Crippen LogP contribution in [0.5, 0.6) is 0 Å². The molecule has 0 saturated heterocycles. The molecule has 0 heterocycles. The number of nitro groups is 1. The average Bonchev–Trinajstić information content (AvgIpc) is 2.54. The predicted molar refractivity (Wildman–Crippen MR) is 97.7 cm³/mol. The van der Waals surface area contributed by atoms with Crippen molar-refractivity contribution in [3.8, 4) is 0 Å². The van der Waals surface area contributed by atoms with Crippen LogP contribution < -0.4 is 10.0 Å². The Balaban J connectivity index is 2.26. The summed E-state index contributed by atoms with van der Waals surface area (Å²) in [5.74, 6) is -0.260. The third-order valence-corrected chi connectivity index (χ3v) is 5.01. The molecule has 0 saturated carbocycles. The SMILES string of the molecule is Cc1ccc([N+](=O)[O-])cc1S(=O)(=O)Nc1ccc(C(=O)NC(C)C)cc1. The minimum atomic E-state index is -4.01. The zero-order valence-electron chi connectivity index (χ0n) is 14.5. The van der Waals surface area contributed by atoms with Gasteiger partial charge in [0.15, 0.2) is 0 Å². The zero-order chi connectivity index (χ0) is 19.5. The highest BCUT2D eigenvalue weighted by atomic mass is 32.2. The average molecular weight is 377 g/mol. The van der Waals surface area contributed by atoms with Gasteiger partial charge in [-0.05, 0) is 50.6 Å². The molecule has 2 rings (SSSR count). The van der Waals surface area contributed by atoms with Gasteiger partial charge in [0.05, 0.1) is 9.82 Å². The van der Waals surface area contributed by atoms with Gasteiger partial charge in [-0.2, -0.15) is 0 Å². The van der Waals surface area contributed by atoms with E-state index in [1.165, 1.54) is 36.4 Å². The number of non-ortho nitro benzene ring substituents is 1.